The molecule has 0 radical (unpaired) electrons. The molecule has 2 heterocycles. The minimum Gasteiger partial charge on any atom is -0.337 e. The summed E-state index contributed by atoms with van der Waals surface area (Å²) in [7, 11) is 2.13. The summed E-state index contributed by atoms with van der Waals surface area (Å²) in [5, 5.41) is 3.27. The predicted octanol–water partition coefficient (Wildman–Crippen LogP) is -0.488. The third-order valence-corrected chi connectivity index (χ3v) is 3.17. The zero-order valence-corrected chi connectivity index (χ0v) is 8.83. The summed E-state index contributed by atoms with van der Waals surface area (Å²) >= 11 is 0. The van der Waals surface area contributed by atoms with Gasteiger partial charge in [0.05, 0.1) is 0 Å². The van der Waals surface area contributed by atoms with Gasteiger partial charge in [0.1, 0.15) is 0 Å². The van der Waals surface area contributed by atoms with E-state index in [-0.39, 0.29) is 0 Å². The standard InChI is InChI=1S/C10H19N3O/c1-12-6-3-9(8-12)13-7-5-11-4-2-10(13)14/h9,11H,2-8H2,1H3. The summed E-state index contributed by atoms with van der Waals surface area (Å²) in [4.78, 5) is 16.2. The number of hydrogen-bond acceptors (Lipinski definition) is 3. The molecular formula is C10H19N3O. The molecule has 2 aliphatic rings. The number of rotatable bonds is 1. The first kappa shape index (κ1) is 9.93. The minimum atomic E-state index is 0.329. The Labute approximate surface area is 85.2 Å². The van der Waals surface area contributed by atoms with E-state index in [0.29, 0.717) is 18.4 Å². The van der Waals surface area contributed by atoms with Gasteiger partial charge < -0.3 is 15.1 Å². The Balaban J connectivity index is 1.97. The second kappa shape index (κ2) is 4.28. The quantitative estimate of drug-likeness (QED) is 0.616. The fourth-order valence-electron chi connectivity index (χ4n) is 2.34. The molecule has 14 heavy (non-hydrogen) atoms. The molecule has 2 aliphatic heterocycles. The van der Waals surface area contributed by atoms with Gasteiger partial charge in [-0.15, -0.1) is 0 Å². The fourth-order valence-corrected chi connectivity index (χ4v) is 2.34. The molecule has 4 heteroatoms. The van der Waals surface area contributed by atoms with Crippen LogP contribution in [0.2, 0.25) is 0 Å². The number of likely N-dealkylation sites (N-methyl/N-ethyl adjacent to an activating group) is 1. The molecule has 2 fully saturated rings. The number of hydrogen-bond donors (Lipinski definition) is 1. The van der Waals surface area contributed by atoms with Gasteiger partial charge in [0.25, 0.3) is 0 Å². The Morgan fingerprint density at radius 2 is 2.21 bits per heavy atom. The topological polar surface area (TPSA) is 35.6 Å². The molecule has 4 nitrogen and oxygen atoms in total. The molecule has 0 aliphatic carbocycles. The first-order chi connectivity index (χ1) is 6.77. The van der Waals surface area contributed by atoms with Crippen LogP contribution >= 0.6 is 0 Å². The molecule has 80 valence electrons. The monoisotopic (exact) mass is 197 g/mol. The van der Waals surface area contributed by atoms with Crippen LogP contribution in [0.5, 0.6) is 0 Å². The van der Waals surface area contributed by atoms with Crippen LogP contribution in [-0.4, -0.2) is 61.5 Å². The number of amides is 1. The highest BCUT2D eigenvalue weighted by atomic mass is 16.2. The van der Waals surface area contributed by atoms with Crippen molar-refractivity contribution < 1.29 is 4.79 Å². The summed E-state index contributed by atoms with van der Waals surface area (Å²) < 4.78 is 0. The molecular weight excluding hydrogens is 178 g/mol. The predicted molar refractivity (Wildman–Crippen MR) is 55.1 cm³/mol. The maximum absolute atomic E-state index is 11.8. The summed E-state index contributed by atoms with van der Waals surface area (Å²) in [6.45, 7) is 4.86. The summed E-state index contributed by atoms with van der Waals surface area (Å²) in [5.74, 6) is 0.329. The largest absolute Gasteiger partial charge is 0.337 e. The van der Waals surface area contributed by atoms with Crippen LogP contribution in [-0.2, 0) is 4.79 Å². The molecule has 0 aromatic heterocycles. The molecule has 0 aromatic rings. The van der Waals surface area contributed by atoms with E-state index in [1.165, 1.54) is 0 Å². The van der Waals surface area contributed by atoms with Gasteiger partial charge in [-0.05, 0) is 20.0 Å². The molecule has 1 amide bonds. The lowest BCUT2D eigenvalue weighted by Gasteiger charge is -2.27. The van der Waals surface area contributed by atoms with E-state index in [1.54, 1.807) is 0 Å². The van der Waals surface area contributed by atoms with Gasteiger partial charge in [-0.25, -0.2) is 0 Å². The molecule has 0 saturated carbocycles. The van der Waals surface area contributed by atoms with Crippen LogP contribution < -0.4 is 5.32 Å². The van der Waals surface area contributed by atoms with Gasteiger partial charge in [-0.3, -0.25) is 4.79 Å². The highest BCUT2D eigenvalue weighted by Gasteiger charge is 2.29. The van der Waals surface area contributed by atoms with Gasteiger partial charge in [0, 0.05) is 38.6 Å². The molecule has 2 rings (SSSR count). The van der Waals surface area contributed by atoms with Crippen molar-refractivity contribution in [3.63, 3.8) is 0 Å². The average Bonchev–Trinajstić information content (AvgIpc) is 2.46. The van der Waals surface area contributed by atoms with Crippen molar-refractivity contribution in [2.45, 2.75) is 18.9 Å². The average molecular weight is 197 g/mol. The van der Waals surface area contributed by atoms with Crippen LogP contribution in [0, 0.1) is 0 Å². The summed E-state index contributed by atoms with van der Waals surface area (Å²) in [6.07, 6.45) is 1.81. The first-order valence-corrected chi connectivity index (χ1v) is 5.46. The first-order valence-electron chi connectivity index (χ1n) is 5.46. The number of likely N-dealkylation sites (tertiary alicyclic amines) is 1. The normalized spacial score (nSPS) is 30.8. The lowest BCUT2D eigenvalue weighted by Crippen LogP contribution is -2.42. The lowest BCUT2D eigenvalue weighted by atomic mass is 10.2. The molecule has 1 N–H and O–H groups in total. The maximum Gasteiger partial charge on any atom is 0.224 e. The van der Waals surface area contributed by atoms with E-state index in [0.717, 1.165) is 39.1 Å². The Kier molecular flexibility index (Phi) is 3.03. The van der Waals surface area contributed by atoms with E-state index in [4.69, 9.17) is 0 Å². The number of carbonyl (C=O) groups is 1. The van der Waals surface area contributed by atoms with Crippen molar-refractivity contribution in [3.8, 4) is 0 Å². The van der Waals surface area contributed by atoms with Gasteiger partial charge in [0.2, 0.25) is 5.91 Å². The highest BCUT2D eigenvalue weighted by Crippen LogP contribution is 2.15. The van der Waals surface area contributed by atoms with Gasteiger partial charge >= 0.3 is 0 Å². The second-order valence-electron chi connectivity index (χ2n) is 4.29. The Morgan fingerprint density at radius 3 is 2.93 bits per heavy atom. The molecule has 0 bridgehead atoms. The van der Waals surface area contributed by atoms with Crippen LogP contribution in [0.15, 0.2) is 0 Å². The van der Waals surface area contributed by atoms with Crippen molar-refractivity contribution in [2.75, 3.05) is 39.8 Å². The zero-order chi connectivity index (χ0) is 9.97. The fraction of sp³-hybridized carbons (Fsp3) is 0.900. The molecule has 0 aromatic carbocycles. The van der Waals surface area contributed by atoms with E-state index in [9.17, 15) is 4.79 Å². The van der Waals surface area contributed by atoms with Crippen molar-refractivity contribution in [2.24, 2.45) is 0 Å². The minimum absolute atomic E-state index is 0.329. The smallest absolute Gasteiger partial charge is 0.224 e. The number of nitrogens with one attached hydrogen (secondary N) is 1. The summed E-state index contributed by atoms with van der Waals surface area (Å²) in [5.41, 5.74) is 0. The van der Waals surface area contributed by atoms with E-state index in [1.807, 2.05) is 0 Å². The highest BCUT2D eigenvalue weighted by molar-refractivity contribution is 5.77. The summed E-state index contributed by atoms with van der Waals surface area (Å²) in [6, 6.07) is 0.465. The second-order valence-corrected chi connectivity index (χ2v) is 4.29. The van der Waals surface area contributed by atoms with Crippen molar-refractivity contribution in [3.05, 3.63) is 0 Å². The van der Waals surface area contributed by atoms with Crippen LogP contribution in [0.4, 0.5) is 0 Å². The third kappa shape index (κ3) is 2.07. The van der Waals surface area contributed by atoms with Crippen LogP contribution in [0.3, 0.4) is 0 Å². The van der Waals surface area contributed by atoms with Crippen LogP contribution in [0.25, 0.3) is 0 Å². The Hall–Kier alpha value is -0.610. The van der Waals surface area contributed by atoms with Gasteiger partial charge in [-0.2, -0.15) is 0 Å². The Bertz CT molecular complexity index is 219. The van der Waals surface area contributed by atoms with Crippen molar-refractivity contribution in [1.29, 1.82) is 0 Å². The van der Waals surface area contributed by atoms with E-state index in [2.05, 4.69) is 22.2 Å². The van der Waals surface area contributed by atoms with Crippen LogP contribution in [0.1, 0.15) is 12.8 Å². The number of carbonyl (C=O) groups excluding carboxylic acids is 1. The lowest BCUT2D eigenvalue weighted by molar-refractivity contribution is -0.132. The Morgan fingerprint density at radius 1 is 1.36 bits per heavy atom. The van der Waals surface area contributed by atoms with Crippen molar-refractivity contribution in [1.82, 2.24) is 15.1 Å². The molecule has 2 saturated heterocycles. The van der Waals surface area contributed by atoms with Gasteiger partial charge in [0.15, 0.2) is 0 Å². The van der Waals surface area contributed by atoms with Crippen molar-refractivity contribution >= 4 is 5.91 Å². The molecule has 1 atom stereocenters. The maximum atomic E-state index is 11.8. The third-order valence-electron chi connectivity index (χ3n) is 3.17. The van der Waals surface area contributed by atoms with Gasteiger partial charge in [-0.1, -0.05) is 0 Å². The molecule has 0 spiro atoms. The SMILES string of the molecule is CN1CCC(N2CCNCCC2=O)C1. The van der Waals surface area contributed by atoms with E-state index >= 15 is 0 Å². The number of nitrogens with zero attached hydrogens (tertiary/aromatic N) is 2. The van der Waals surface area contributed by atoms with E-state index < -0.39 is 0 Å². The zero-order valence-electron chi connectivity index (χ0n) is 8.83. The molecule has 1 unspecified atom stereocenters.